The molecule has 1 N–H and O–H groups in total. The van der Waals surface area contributed by atoms with Crippen molar-refractivity contribution in [1.29, 1.82) is 0 Å². The summed E-state index contributed by atoms with van der Waals surface area (Å²) in [7, 11) is 1.69. The summed E-state index contributed by atoms with van der Waals surface area (Å²) in [5, 5.41) is 2.97. The average molecular weight is 353 g/mol. The summed E-state index contributed by atoms with van der Waals surface area (Å²) in [5.74, 6) is -1.69. The van der Waals surface area contributed by atoms with E-state index in [1.165, 1.54) is 17.4 Å². The lowest BCUT2D eigenvalue weighted by Gasteiger charge is -2.15. The van der Waals surface area contributed by atoms with Crippen LogP contribution < -0.4 is 5.32 Å². The monoisotopic (exact) mass is 351 g/mol. The highest BCUT2D eigenvalue weighted by Gasteiger charge is 2.21. The van der Waals surface area contributed by atoms with Crippen LogP contribution in [0.15, 0.2) is 28.7 Å². The Morgan fingerprint density at radius 1 is 1.39 bits per heavy atom. The minimum atomic E-state index is -0.852. The number of hydrogen-bond acceptors (Lipinski definition) is 2. The Morgan fingerprint density at radius 3 is 2.67 bits per heavy atom. The Balaban J connectivity index is 2.48. The molecule has 1 heterocycles. The lowest BCUT2D eigenvalue weighted by atomic mass is 10.0. The van der Waals surface area contributed by atoms with Gasteiger partial charge in [-0.2, -0.15) is 0 Å². The van der Waals surface area contributed by atoms with Gasteiger partial charge in [0.05, 0.1) is 6.04 Å². The molecule has 0 saturated heterocycles. The van der Waals surface area contributed by atoms with Crippen molar-refractivity contribution in [3.05, 3.63) is 55.1 Å². The van der Waals surface area contributed by atoms with Crippen molar-refractivity contribution >= 4 is 38.9 Å². The summed E-state index contributed by atoms with van der Waals surface area (Å²) < 4.78 is 28.4. The molecule has 0 aliphatic carbocycles. The molecule has 0 fully saturated rings. The molecule has 2 aromatic rings. The zero-order valence-electron chi connectivity index (χ0n) is 9.31. The molecule has 0 saturated carbocycles. The van der Waals surface area contributed by atoms with Gasteiger partial charge in [-0.3, -0.25) is 0 Å². The fourth-order valence-electron chi connectivity index (χ4n) is 1.70. The average Bonchev–Trinajstić information content (AvgIpc) is 2.66. The number of benzene rings is 1. The first kappa shape index (κ1) is 13.9. The Labute approximate surface area is 121 Å². The second kappa shape index (κ2) is 5.65. The molecule has 0 aliphatic heterocycles. The molecule has 0 spiro atoms. The van der Waals surface area contributed by atoms with Gasteiger partial charge in [0.1, 0.15) is 4.34 Å². The van der Waals surface area contributed by atoms with E-state index in [1.54, 1.807) is 19.2 Å². The Morgan fingerprint density at radius 2 is 2.11 bits per heavy atom. The van der Waals surface area contributed by atoms with Crippen molar-refractivity contribution < 1.29 is 8.78 Å². The molecule has 0 radical (unpaired) electrons. The minimum absolute atomic E-state index is 0.267. The molecule has 96 valence electrons. The van der Waals surface area contributed by atoms with Gasteiger partial charge in [0.15, 0.2) is 11.6 Å². The third-order valence-corrected chi connectivity index (χ3v) is 5.07. The molecule has 1 atom stereocenters. The third kappa shape index (κ3) is 2.59. The molecule has 6 heteroatoms. The van der Waals surface area contributed by atoms with Crippen LogP contribution in [0.3, 0.4) is 0 Å². The highest BCUT2D eigenvalue weighted by Crippen LogP contribution is 2.37. The van der Waals surface area contributed by atoms with Gasteiger partial charge in [-0.15, -0.1) is 11.3 Å². The van der Waals surface area contributed by atoms with Crippen LogP contribution in [0.4, 0.5) is 8.78 Å². The van der Waals surface area contributed by atoms with Crippen LogP contribution in [-0.2, 0) is 0 Å². The van der Waals surface area contributed by atoms with Gasteiger partial charge in [0.2, 0.25) is 0 Å². The van der Waals surface area contributed by atoms with E-state index in [0.717, 1.165) is 15.4 Å². The van der Waals surface area contributed by atoms with Crippen molar-refractivity contribution in [3.63, 3.8) is 0 Å². The number of hydrogen-bond donors (Lipinski definition) is 1. The van der Waals surface area contributed by atoms with E-state index in [-0.39, 0.29) is 5.56 Å². The first-order valence-corrected chi connectivity index (χ1v) is 7.09. The SMILES string of the molecule is CNC(c1cc(Br)c(Cl)s1)c1cccc(F)c1F. The first-order chi connectivity index (χ1) is 8.54. The van der Waals surface area contributed by atoms with Gasteiger partial charge in [-0.1, -0.05) is 23.7 Å². The molecule has 0 bridgehead atoms. The maximum absolute atomic E-state index is 13.8. The van der Waals surface area contributed by atoms with E-state index in [2.05, 4.69) is 21.2 Å². The molecule has 1 aromatic heterocycles. The van der Waals surface area contributed by atoms with Crippen LogP contribution in [0.25, 0.3) is 0 Å². The standard InChI is InChI=1S/C12H9BrClF2NS/c1-17-11(9-5-7(13)12(14)18-9)6-3-2-4-8(15)10(6)16/h2-5,11,17H,1H3. The van der Waals surface area contributed by atoms with Crippen molar-refractivity contribution in [3.8, 4) is 0 Å². The Bertz CT molecular complexity index is 554. The van der Waals surface area contributed by atoms with Gasteiger partial charge >= 0.3 is 0 Å². The van der Waals surface area contributed by atoms with E-state index in [9.17, 15) is 8.78 Å². The normalized spacial score (nSPS) is 12.7. The summed E-state index contributed by atoms with van der Waals surface area (Å²) in [6.45, 7) is 0. The van der Waals surface area contributed by atoms with Gasteiger partial charge < -0.3 is 5.32 Å². The molecule has 2 rings (SSSR count). The second-order valence-electron chi connectivity index (χ2n) is 3.64. The molecule has 1 nitrogen and oxygen atoms in total. The van der Waals surface area contributed by atoms with Crippen LogP contribution in [0.5, 0.6) is 0 Å². The minimum Gasteiger partial charge on any atom is -0.309 e. The predicted molar refractivity (Wildman–Crippen MR) is 74.3 cm³/mol. The van der Waals surface area contributed by atoms with E-state index in [1.807, 2.05) is 0 Å². The van der Waals surface area contributed by atoms with Crippen LogP contribution in [0.2, 0.25) is 4.34 Å². The topological polar surface area (TPSA) is 12.0 Å². The Hall–Kier alpha value is -0.490. The maximum Gasteiger partial charge on any atom is 0.163 e. The maximum atomic E-state index is 13.8. The van der Waals surface area contributed by atoms with Gasteiger partial charge in [0, 0.05) is 14.9 Å². The van der Waals surface area contributed by atoms with Gasteiger partial charge in [-0.25, -0.2) is 8.78 Å². The van der Waals surface area contributed by atoms with E-state index in [4.69, 9.17) is 11.6 Å². The number of thiophene rings is 1. The summed E-state index contributed by atoms with van der Waals surface area (Å²) in [5.41, 5.74) is 0.267. The largest absolute Gasteiger partial charge is 0.309 e. The van der Waals surface area contributed by atoms with E-state index >= 15 is 0 Å². The zero-order chi connectivity index (χ0) is 13.3. The van der Waals surface area contributed by atoms with Crippen LogP contribution in [0, 0.1) is 11.6 Å². The lowest BCUT2D eigenvalue weighted by molar-refractivity contribution is 0.488. The fourth-order valence-corrected chi connectivity index (χ4v) is 3.57. The first-order valence-electron chi connectivity index (χ1n) is 5.10. The summed E-state index contributed by atoms with van der Waals surface area (Å²) in [6.07, 6.45) is 0. The molecule has 0 aliphatic rings. The fraction of sp³-hybridized carbons (Fsp3) is 0.167. The third-order valence-electron chi connectivity index (χ3n) is 2.53. The summed E-state index contributed by atoms with van der Waals surface area (Å²) in [4.78, 5) is 0.818. The Kier molecular flexibility index (Phi) is 4.37. The zero-order valence-corrected chi connectivity index (χ0v) is 12.5. The smallest absolute Gasteiger partial charge is 0.163 e. The molecule has 1 unspecified atom stereocenters. The van der Waals surface area contributed by atoms with Gasteiger partial charge in [-0.05, 0) is 35.1 Å². The van der Waals surface area contributed by atoms with E-state index in [0.29, 0.717) is 4.34 Å². The highest BCUT2D eigenvalue weighted by atomic mass is 79.9. The number of rotatable bonds is 3. The van der Waals surface area contributed by atoms with Crippen molar-refractivity contribution in [2.24, 2.45) is 0 Å². The predicted octanol–water partition coefficient (Wildman–Crippen LogP) is 4.75. The molecular weight excluding hydrogens is 344 g/mol. The molecular formula is C12H9BrClF2NS. The second-order valence-corrected chi connectivity index (χ2v) is 6.18. The van der Waals surface area contributed by atoms with Crippen molar-refractivity contribution in [2.45, 2.75) is 6.04 Å². The van der Waals surface area contributed by atoms with Crippen LogP contribution in [0.1, 0.15) is 16.5 Å². The van der Waals surface area contributed by atoms with E-state index < -0.39 is 17.7 Å². The van der Waals surface area contributed by atoms with Crippen molar-refractivity contribution in [2.75, 3.05) is 7.05 Å². The number of halogens is 4. The lowest BCUT2D eigenvalue weighted by Crippen LogP contribution is -2.18. The van der Waals surface area contributed by atoms with Crippen molar-refractivity contribution in [1.82, 2.24) is 5.32 Å². The summed E-state index contributed by atoms with van der Waals surface area (Å²) in [6, 6.07) is 5.53. The molecule has 1 aromatic carbocycles. The molecule has 18 heavy (non-hydrogen) atoms. The summed E-state index contributed by atoms with van der Waals surface area (Å²) >= 11 is 10.6. The quantitative estimate of drug-likeness (QED) is 0.840. The number of nitrogens with one attached hydrogen (secondary N) is 1. The highest BCUT2D eigenvalue weighted by molar-refractivity contribution is 9.10. The molecule has 0 amide bonds. The van der Waals surface area contributed by atoms with Crippen LogP contribution in [-0.4, -0.2) is 7.05 Å². The van der Waals surface area contributed by atoms with Crippen LogP contribution >= 0.6 is 38.9 Å². The van der Waals surface area contributed by atoms with Gasteiger partial charge in [0.25, 0.3) is 0 Å².